The minimum Gasteiger partial charge on any atom is -0.327 e. The van der Waals surface area contributed by atoms with E-state index in [2.05, 4.69) is 0 Å². The fourth-order valence-electron chi connectivity index (χ4n) is 0.0589. The molecule has 0 amide bonds. The Morgan fingerprint density at radius 2 is 2.40 bits per heavy atom. The van der Waals surface area contributed by atoms with Crippen molar-refractivity contribution in [3.63, 3.8) is 0 Å². The van der Waals surface area contributed by atoms with Crippen LogP contribution in [-0.2, 0) is 4.57 Å². The van der Waals surface area contributed by atoms with E-state index < -0.39 is 0 Å². The predicted octanol–water partition coefficient (Wildman–Crippen LogP) is -0.0309. The van der Waals surface area contributed by atoms with E-state index in [1.165, 1.54) is 0 Å². The van der Waals surface area contributed by atoms with Gasteiger partial charge < -0.3 is 5.73 Å². The Balaban J connectivity index is 2.40. The van der Waals surface area contributed by atoms with Crippen LogP contribution in [0.1, 0.15) is 0 Å². The van der Waals surface area contributed by atoms with Gasteiger partial charge in [-0.15, -0.1) is 0 Å². The standard InChI is InChI=1S/C2H6NOP/c3-1-2-5-4/h1-3H2/p+1. The molecule has 0 spiro atoms. The van der Waals surface area contributed by atoms with Crippen molar-refractivity contribution in [3.05, 3.63) is 0 Å². The van der Waals surface area contributed by atoms with Gasteiger partial charge in [0.15, 0.2) is 6.16 Å². The molecular formula is C2H7NOP+. The van der Waals surface area contributed by atoms with Crippen molar-refractivity contribution in [1.82, 2.24) is 0 Å². The molecule has 0 aliphatic rings. The Hall–Kier alpha value is 0.0600. The van der Waals surface area contributed by atoms with E-state index in [1.807, 2.05) is 0 Å². The summed E-state index contributed by atoms with van der Waals surface area (Å²) in [5.41, 5.74) is 4.95. The van der Waals surface area contributed by atoms with Crippen molar-refractivity contribution in [3.8, 4) is 0 Å². The highest BCUT2D eigenvalue weighted by Gasteiger charge is 1.78. The van der Waals surface area contributed by atoms with E-state index in [1.54, 1.807) is 0 Å². The summed E-state index contributed by atoms with van der Waals surface area (Å²) in [6.07, 6.45) is 0.639. The molecule has 0 saturated heterocycles. The third-order valence-corrected chi connectivity index (χ3v) is 0.739. The van der Waals surface area contributed by atoms with Crippen molar-refractivity contribution < 1.29 is 4.57 Å². The maximum Gasteiger partial charge on any atom is 0.326 e. The Morgan fingerprint density at radius 1 is 1.80 bits per heavy atom. The molecule has 1 unspecified atom stereocenters. The van der Waals surface area contributed by atoms with Crippen LogP contribution in [0.15, 0.2) is 0 Å². The summed E-state index contributed by atoms with van der Waals surface area (Å²) >= 11 is 0. The Kier molecular flexibility index (Phi) is 4.11. The first-order chi connectivity index (χ1) is 2.41. The molecule has 0 heterocycles. The van der Waals surface area contributed by atoms with Crippen molar-refractivity contribution in [2.24, 2.45) is 5.73 Å². The molecular weight excluding hydrogens is 85.0 g/mol. The van der Waals surface area contributed by atoms with E-state index in [0.717, 1.165) is 0 Å². The highest BCUT2D eigenvalue weighted by Crippen LogP contribution is 1.82. The lowest BCUT2D eigenvalue weighted by atomic mass is 10.8. The molecule has 2 N–H and O–H groups in total. The second-order valence-corrected chi connectivity index (χ2v) is 1.47. The average Bonchev–Trinajstić information content (AvgIpc) is 1.41. The Morgan fingerprint density at radius 3 is 2.40 bits per heavy atom. The summed E-state index contributed by atoms with van der Waals surface area (Å²) < 4.78 is 9.48. The summed E-state index contributed by atoms with van der Waals surface area (Å²) in [4.78, 5) is 0. The summed E-state index contributed by atoms with van der Waals surface area (Å²) in [5.74, 6) is 0. The zero-order valence-electron chi connectivity index (χ0n) is 2.90. The third kappa shape index (κ3) is 4.06. The molecule has 0 rings (SSSR count). The van der Waals surface area contributed by atoms with Gasteiger partial charge in [0.05, 0.1) is 0 Å². The van der Waals surface area contributed by atoms with E-state index in [9.17, 15) is 4.57 Å². The maximum absolute atomic E-state index is 9.48. The van der Waals surface area contributed by atoms with Crippen LogP contribution >= 0.6 is 8.46 Å². The fraction of sp³-hybridized carbons (Fsp3) is 1.00. The van der Waals surface area contributed by atoms with Gasteiger partial charge in [-0.1, -0.05) is 4.57 Å². The van der Waals surface area contributed by atoms with Crippen LogP contribution in [-0.4, -0.2) is 12.7 Å². The number of nitrogens with two attached hydrogens (primary N) is 1. The molecule has 0 bridgehead atoms. The van der Waals surface area contributed by atoms with Crippen molar-refractivity contribution in [2.75, 3.05) is 12.7 Å². The quantitative estimate of drug-likeness (QED) is 0.486. The molecule has 0 aromatic rings. The van der Waals surface area contributed by atoms with Gasteiger partial charge in [-0.25, -0.2) is 0 Å². The second-order valence-electron chi connectivity index (χ2n) is 0.683. The minimum absolute atomic E-state index is 0.217. The number of rotatable bonds is 2. The average molecular weight is 92.1 g/mol. The molecule has 0 aliphatic heterocycles. The summed E-state index contributed by atoms with van der Waals surface area (Å²) in [5, 5.41) is 0. The van der Waals surface area contributed by atoms with Gasteiger partial charge in [0.2, 0.25) is 0 Å². The van der Waals surface area contributed by atoms with E-state index in [4.69, 9.17) is 5.73 Å². The van der Waals surface area contributed by atoms with Gasteiger partial charge in [0.25, 0.3) is 0 Å². The topological polar surface area (TPSA) is 43.1 Å². The van der Waals surface area contributed by atoms with Gasteiger partial charge in [-0.3, -0.25) is 0 Å². The maximum atomic E-state index is 9.48. The monoisotopic (exact) mass is 92.0 g/mol. The van der Waals surface area contributed by atoms with Crippen LogP contribution in [0.5, 0.6) is 0 Å². The van der Waals surface area contributed by atoms with Crippen molar-refractivity contribution in [2.45, 2.75) is 0 Å². The normalized spacial score (nSPS) is 9.00. The largest absolute Gasteiger partial charge is 0.327 e. The van der Waals surface area contributed by atoms with E-state index in [0.29, 0.717) is 12.7 Å². The summed E-state index contributed by atoms with van der Waals surface area (Å²) in [7, 11) is -0.217. The molecule has 5 heavy (non-hydrogen) atoms. The lowest BCUT2D eigenvalue weighted by molar-refractivity contribution is 0.598. The summed E-state index contributed by atoms with van der Waals surface area (Å²) in [6.45, 7) is 0.544. The van der Waals surface area contributed by atoms with Crippen molar-refractivity contribution >= 4 is 8.46 Å². The molecule has 1 atom stereocenters. The summed E-state index contributed by atoms with van der Waals surface area (Å²) in [6, 6.07) is 0. The SMILES string of the molecule is NCC[PH+]=O. The van der Waals surface area contributed by atoms with Crippen LogP contribution < -0.4 is 5.73 Å². The highest BCUT2D eigenvalue weighted by atomic mass is 31.1. The van der Waals surface area contributed by atoms with Crippen LogP contribution in [0.2, 0.25) is 0 Å². The zero-order chi connectivity index (χ0) is 4.12. The second kappa shape index (κ2) is 4.06. The van der Waals surface area contributed by atoms with Crippen molar-refractivity contribution in [1.29, 1.82) is 0 Å². The molecule has 0 fully saturated rings. The zero-order valence-corrected chi connectivity index (χ0v) is 3.90. The molecule has 0 aromatic carbocycles. The van der Waals surface area contributed by atoms with Crippen LogP contribution in [0.4, 0.5) is 0 Å². The lowest BCUT2D eigenvalue weighted by Crippen LogP contribution is -1.97. The Bertz CT molecular complexity index is 30.8. The fourth-order valence-corrected chi connectivity index (χ4v) is 0.177. The first-order valence-corrected chi connectivity index (χ1v) is 2.58. The van der Waals surface area contributed by atoms with Crippen LogP contribution in [0, 0.1) is 0 Å². The molecule has 30 valence electrons. The number of hydrogen-bond donors (Lipinski definition) is 1. The first kappa shape index (κ1) is 5.06. The van der Waals surface area contributed by atoms with Gasteiger partial charge in [-0.05, 0) is 0 Å². The molecule has 0 saturated carbocycles. The smallest absolute Gasteiger partial charge is 0.326 e. The molecule has 3 heteroatoms. The van der Waals surface area contributed by atoms with Gasteiger partial charge in [-0.2, -0.15) is 0 Å². The van der Waals surface area contributed by atoms with Gasteiger partial charge in [0.1, 0.15) is 0 Å². The highest BCUT2D eigenvalue weighted by molar-refractivity contribution is 7.23. The van der Waals surface area contributed by atoms with Crippen LogP contribution in [0.3, 0.4) is 0 Å². The molecule has 0 aliphatic carbocycles. The third-order valence-electron chi connectivity index (χ3n) is 0.246. The van der Waals surface area contributed by atoms with E-state index in [-0.39, 0.29) is 8.46 Å². The molecule has 2 nitrogen and oxygen atoms in total. The first-order valence-electron chi connectivity index (χ1n) is 1.47. The molecule has 0 aromatic heterocycles. The number of hydrogen-bond acceptors (Lipinski definition) is 2. The molecule has 0 radical (unpaired) electrons. The van der Waals surface area contributed by atoms with Gasteiger partial charge >= 0.3 is 8.46 Å². The van der Waals surface area contributed by atoms with Gasteiger partial charge in [0, 0.05) is 6.54 Å². The van der Waals surface area contributed by atoms with Crippen LogP contribution in [0.25, 0.3) is 0 Å². The predicted molar refractivity (Wildman–Crippen MR) is 22.9 cm³/mol. The van der Waals surface area contributed by atoms with E-state index >= 15 is 0 Å². The Labute approximate surface area is 32.6 Å². The lowest BCUT2D eigenvalue weighted by Gasteiger charge is -1.61. The minimum atomic E-state index is -0.217.